The van der Waals surface area contributed by atoms with Gasteiger partial charge in [0.1, 0.15) is 11.5 Å². The van der Waals surface area contributed by atoms with Gasteiger partial charge in [-0.1, -0.05) is 31.2 Å². The van der Waals surface area contributed by atoms with Crippen molar-refractivity contribution in [3.05, 3.63) is 53.4 Å². The fourth-order valence-electron chi connectivity index (χ4n) is 2.45. The lowest BCUT2D eigenvalue weighted by atomic mass is 9.83. The number of para-hydroxylation sites is 1. The van der Waals surface area contributed by atoms with Gasteiger partial charge in [-0.25, -0.2) is 0 Å². The lowest BCUT2D eigenvalue weighted by Gasteiger charge is -2.20. The summed E-state index contributed by atoms with van der Waals surface area (Å²) >= 11 is 0. The van der Waals surface area contributed by atoms with Crippen molar-refractivity contribution < 1.29 is 4.74 Å². The number of benzene rings is 1. The highest BCUT2D eigenvalue weighted by Gasteiger charge is 2.34. The Morgan fingerprint density at radius 3 is 2.93 bits per heavy atom. The molecule has 1 aromatic carbocycles. The van der Waals surface area contributed by atoms with E-state index in [4.69, 9.17) is 10.5 Å². The maximum Gasteiger partial charge on any atom is 0.130 e. The van der Waals surface area contributed by atoms with E-state index in [0.717, 1.165) is 17.2 Å². The van der Waals surface area contributed by atoms with E-state index in [-0.39, 0.29) is 0 Å². The van der Waals surface area contributed by atoms with Crippen molar-refractivity contribution in [2.75, 3.05) is 0 Å². The molecule has 3 rings (SSSR count). The molecule has 0 bridgehead atoms. The molecule has 0 fully saturated rings. The fraction of sp³-hybridized carbons (Fsp3) is 0.231. The topological polar surface area (TPSA) is 35.2 Å². The van der Waals surface area contributed by atoms with Gasteiger partial charge < -0.3 is 10.5 Å². The number of rotatable bonds is 0. The summed E-state index contributed by atoms with van der Waals surface area (Å²) < 4.78 is 5.79. The van der Waals surface area contributed by atoms with Crippen LogP contribution in [0.2, 0.25) is 0 Å². The molecule has 0 radical (unpaired) electrons. The predicted octanol–water partition coefficient (Wildman–Crippen LogP) is 2.54. The third-order valence-electron chi connectivity index (χ3n) is 3.08. The molecule has 2 aliphatic rings. The lowest BCUT2D eigenvalue weighted by Crippen LogP contribution is -2.15. The monoisotopic (exact) mass is 199 g/mol. The molecule has 2 nitrogen and oxygen atoms in total. The fourth-order valence-corrected chi connectivity index (χ4v) is 2.45. The summed E-state index contributed by atoms with van der Waals surface area (Å²) in [5.41, 5.74) is 7.91. The van der Waals surface area contributed by atoms with Crippen LogP contribution >= 0.6 is 0 Å². The Hall–Kier alpha value is -1.70. The number of hydrogen-bond acceptors (Lipinski definition) is 2. The van der Waals surface area contributed by atoms with Gasteiger partial charge in [-0.05, 0) is 18.1 Å². The van der Waals surface area contributed by atoms with Crippen LogP contribution in [0.15, 0.2) is 47.9 Å². The van der Waals surface area contributed by atoms with Crippen LogP contribution < -0.4 is 10.5 Å². The Morgan fingerprint density at radius 2 is 2.07 bits per heavy atom. The number of hydrogen-bond donors (Lipinski definition) is 1. The minimum Gasteiger partial charge on any atom is -0.461 e. The number of allylic oxidation sites excluding steroid dienone is 3. The average Bonchev–Trinajstić information content (AvgIpc) is 2.54. The minimum absolute atomic E-state index is 0.355. The second kappa shape index (κ2) is 2.89. The maximum absolute atomic E-state index is 5.82. The Labute approximate surface area is 89.0 Å². The Morgan fingerprint density at radius 1 is 1.27 bits per heavy atom. The zero-order valence-electron chi connectivity index (χ0n) is 8.60. The highest BCUT2D eigenvalue weighted by molar-refractivity contribution is 5.50. The van der Waals surface area contributed by atoms with E-state index in [9.17, 15) is 0 Å². The normalized spacial score (nSPS) is 27.3. The molecule has 1 aromatic rings. The van der Waals surface area contributed by atoms with Crippen molar-refractivity contribution in [3.8, 4) is 5.75 Å². The maximum atomic E-state index is 5.82. The van der Waals surface area contributed by atoms with Crippen molar-refractivity contribution >= 4 is 0 Å². The Balaban J connectivity index is 2.13. The Bertz CT molecular complexity index is 473. The van der Waals surface area contributed by atoms with E-state index in [1.54, 1.807) is 0 Å². The zero-order valence-corrected chi connectivity index (χ0v) is 8.60. The van der Waals surface area contributed by atoms with Gasteiger partial charge in [0.05, 0.1) is 5.92 Å². The van der Waals surface area contributed by atoms with E-state index in [1.807, 2.05) is 18.2 Å². The summed E-state index contributed by atoms with van der Waals surface area (Å²) in [5.74, 6) is 2.73. The van der Waals surface area contributed by atoms with E-state index in [2.05, 4.69) is 25.1 Å². The summed E-state index contributed by atoms with van der Waals surface area (Å²) in [6, 6.07) is 8.20. The smallest absolute Gasteiger partial charge is 0.130 e. The van der Waals surface area contributed by atoms with Gasteiger partial charge in [0.15, 0.2) is 0 Å². The summed E-state index contributed by atoms with van der Waals surface area (Å²) in [5, 5.41) is 0. The third-order valence-corrected chi connectivity index (χ3v) is 3.08. The van der Waals surface area contributed by atoms with Gasteiger partial charge in [0.2, 0.25) is 0 Å². The molecule has 0 spiro atoms. The first-order valence-corrected chi connectivity index (χ1v) is 5.21. The van der Waals surface area contributed by atoms with Crippen molar-refractivity contribution in [3.63, 3.8) is 0 Å². The highest BCUT2D eigenvalue weighted by Crippen LogP contribution is 2.46. The largest absolute Gasteiger partial charge is 0.461 e. The standard InChI is InChI=1S/C13H13NO/c1-8-6-9(14)7-12-13(8)10-4-2-3-5-11(10)15-12/h2-8,13H,14H2,1H3/t8?,13-/m0/s1. The molecule has 0 saturated carbocycles. The van der Waals surface area contributed by atoms with Crippen molar-refractivity contribution in [2.24, 2.45) is 11.7 Å². The molecule has 1 unspecified atom stereocenters. The molecule has 1 aliphatic carbocycles. The minimum atomic E-state index is 0.355. The van der Waals surface area contributed by atoms with Crippen molar-refractivity contribution in [1.29, 1.82) is 0 Å². The molecule has 2 N–H and O–H groups in total. The SMILES string of the molecule is CC1C=C(N)C=C2Oc3ccccc3[C@@H]21. The first-order valence-electron chi connectivity index (χ1n) is 5.21. The quantitative estimate of drug-likeness (QED) is 0.696. The third kappa shape index (κ3) is 1.18. The number of ether oxygens (including phenoxy) is 1. The molecule has 2 heteroatoms. The van der Waals surface area contributed by atoms with Crippen molar-refractivity contribution in [2.45, 2.75) is 12.8 Å². The summed E-state index contributed by atoms with van der Waals surface area (Å²) in [6.07, 6.45) is 4.03. The van der Waals surface area contributed by atoms with Crippen LogP contribution in [0.4, 0.5) is 0 Å². The molecule has 2 atom stereocenters. The lowest BCUT2D eigenvalue weighted by molar-refractivity contribution is 0.402. The summed E-state index contributed by atoms with van der Waals surface area (Å²) in [7, 11) is 0. The van der Waals surface area contributed by atoms with E-state index >= 15 is 0 Å². The number of fused-ring (bicyclic) bond motifs is 3. The van der Waals surface area contributed by atoms with Crippen LogP contribution in [-0.4, -0.2) is 0 Å². The van der Waals surface area contributed by atoms with Crippen LogP contribution in [0.5, 0.6) is 5.75 Å². The first-order chi connectivity index (χ1) is 7.25. The van der Waals surface area contributed by atoms with Crippen LogP contribution in [0.3, 0.4) is 0 Å². The molecular weight excluding hydrogens is 186 g/mol. The molecule has 76 valence electrons. The van der Waals surface area contributed by atoms with E-state index in [0.29, 0.717) is 11.8 Å². The second-order valence-corrected chi connectivity index (χ2v) is 4.19. The van der Waals surface area contributed by atoms with Gasteiger partial charge in [0, 0.05) is 11.3 Å². The zero-order chi connectivity index (χ0) is 10.4. The molecule has 0 aromatic heterocycles. The molecular formula is C13H13NO. The van der Waals surface area contributed by atoms with Crippen LogP contribution in [0.1, 0.15) is 18.4 Å². The number of nitrogens with two attached hydrogens (primary N) is 1. The first kappa shape index (κ1) is 8.60. The highest BCUT2D eigenvalue weighted by atomic mass is 16.5. The van der Waals surface area contributed by atoms with Crippen molar-refractivity contribution in [1.82, 2.24) is 0 Å². The Kier molecular flexibility index (Phi) is 1.66. The summed E-state index contributed by atoms with van der Waals surface area (Å²) in [4.78, 5) is 0. The van der Waals surface area contributed by atoms with E-state index < -0.39 is 0 Å². The predicted molar refractivity (Wildman–Crippen MR) is 59.3 cm³/mol. The van der Waals surface area contributed by atoms with Gasteiger partial charge in [0.25, 0.3) is 0 Å². The molecule has 0 amide bonds. The molecule has 15 heavy (non-hydrogen) atoms. The van der Waals surface area contributed by atoms with Crippen LogP contribution in [0, 0.1) is 5.92 Å². The molecule has 0 saturated heterocycles. The van der Waals surface area contributed by atoms with Gasteiger partial charge in [-0.2, -0.15) is 0 Å². The van der Waals surface area contributed by atoms with Gasteiger partial charge in [-0.15, -0.1) is 0 Å². The molecule has 1 aliphatic heterocycles. The van der Waals surface area contributed by atoms with Crippen LogP contribution in [0.25, 0.3) is 0 Å². The van der Waals surface area contributed by atoms with E-state index in [1.165, 1.54) is 5.56 Å². The summed E-state index contributed by atoms with van der Waals surface area (Å²) in [6.45, 7) is 2.18. The molecule has 1 heterocycles. The second-order valence-electron chi connectivity index (χ2n) is 4.19. The average molecular weight is 199 g/mol. The van der Waals surface area contributed by atoms with Gasteiger partial charge >= 0.3 is 0 Å². The van der Waals surface area contributed by atoms with Gasteiger partial charge in [-0.3, -0.25) is 0 Å². The van der Waals surface area contributed by atoms with Crippen LogP contribution in [-0.2, 0) is 0 Å².